The molecule has 1 aliphatic heterocycles. The molecule has 0 spiro atoms. The third kappa shape index (κ3) is 1.96. The summed E-state index contributed by atoms with van der Waals surface area (Å²) in [5, 5.41) is 16.8. The molecule has 0 saturated carbocycles. The SMILES string of the molecule is COc1c(-c2ccc(C#N)cc2)nn2c1CNCC2. The maximum atomic E-state index is 8.83. The highest BCUT2D eigenvalue weighted by molar-refractivity contribution is 5.68. The van der Waals surface area contributed by atoms with Gasteiger partial charge in [0.1, 0.15) is 5.69 Å². The van der Waals surface area contributed by atoms with Crippen molar-refractivity contribution >= 4 is 0 Å². The number of hydrogen-bond acceptors (Lipinski definition) is 4. The maximum absolute atomic E-state index is 8.83. The van der Waals surface area contributed by atoms with E-state index in [-0.39, 0.29) is 0 Å². The fourth-order valence-corrected chi connectivity index (χ4v) is 2.33. The van der Waals surface area contributed by atoms with Crippen molar-refractivity contribution in [2.24, 2.45) is 0 Å². The van der Waals surface area contributed by atoms with Crippen LogP contribution in [0.1, 0.15) is 11.3 Å². The minimum absolute atomic E-state index is 0.647. The number of fused-ring (bicyclic) bond motifs is 1. The molecule has 0 atom stereocenters. The van der Waals surface area contributed by atoms with Gasteiger partial charge in [0.2, 0.25) is 0 Å². The van der Waals surface area contributed by atoms with Gasteiger partial charge in [0.15, 0.2) is 5.75 Å². The van der Waals surface area contributed by atoms with E-state index in [2.05, 4.69) is 16.5 Å². The molecule has 1 aromatic heterocycles. The number of rotatable bonds is 2. The van der Waals surface area contributed by atoms with Crippen LogP contribution in [-0.2, 0) is 13.1 Å². The molecule has 5 nitrogen and oxygen atoms in total. The Balaban J connectivity index is 2.08. The molecule has 96 valence electrons. The summed E-state index contributed by atoms with van der Waals surface area (Å²) >= 11 is 0. The molecule has 19 heavy (non-hydrogen) atoms. The summed E-state index contributed by atoms with van der Waals surface area (Å²) in [4.78, 5) is 0. The molecular weight excluding hydrogens is 240 g/mol. The Hall–Kier alpha value is -2.32. The second kappa shape index (κ2) is 4.75. The largest absolute Gasteiger partial charge is 0.492 e. The van der Waals surface area contributed by atoms with Crippen molar-refractivity contribution in [2.45, 2.75) is 13.1 Å². The molecule has 0 amide bonds. The van der Waals surface area contributed by atoms with E-state index in [1.807, 2.05) is 16.8 Å². The molecule has 0 bridgehead atoms. The summed E-state index contributed by atoms with van der Waals surface area (Å²) in [7, 11) is 1.67. The molecule has 0 unspecified atom stereocenters. The van der Waals surface area contributed by atoms with Crippen LogP contribution >= 0.6 is 0 Å². The fraction of sp³-hybridized carbons (Fsp3) is 0.286. The molecule has 2 heterocycles. The third-order valence-corrected chi connectivity index (χ3v) is 3.29. The Morgan fingerprint density at radius 2 is 2.16 bits per heavy atom. The van der Waals surface area contributed by atoms with Crippen molar-refractivity contribution in [1.29, 1.82) is 5.26 Å². The van der Waals surface area contributed by atoms with E-state index in [4.69, 9.17) is 10.00 Å². The lowest BCUT2D eigenvalue weighted by Gasteiger charge is -2.15. The van der Waals surface area contributed by atoms with Crippen LogP contribution in [0.15, 0.2) is 24.3 Å². The van der Waals surface area contributed by atoms with Gasteiger partial charge in [-0.3, -0.25) is 4.68 Å². The van der Waals surface area contributed by atoms with E-state index in [0.717, 1.165) is 42.3 Å². The van der Waals surface area contributed by atoms with Gasteiger partial charge in [-0.1, -0.05) is 12.1 Å². The van der Waals surface area contributed by atoms with Crippen LogP contribution in [0.4, 0.5) is 0 Å². The van der Waals surface area contributed by atoms with Gasteiger partial charge in [-0.25, -0.2) is 0 Å². The zero-order chi connectivity index (χ0) is 13.2. The lowest BCUT2D eigenvalue weighted by molar-refractivity contribution is 0.396. The van der Waals surface area contributed by atoms with E-state index in [1.54, 1.807) is 19.2 Å². The van der Waals surface area contributed by atoms with E-state index >= 15 is 0 Å². The molecule has 2 aromatic rings. The minimum atomic E-state index is 0.647. The molecular formula is C14H14N4O. The van der Waals surface area contributed by atoms with Gasteiger partial charge in [-0.15, -0.1) is 0 Å². The lowest BCUT2D eigenvalue weighted by atomic mass is 10.1. The lowest BCUT2D eigenvalue weighted by Crippen LogP contribution is -2.28. The smallest absolute Gasteiger partial charge is 0.169 e. The van der Waals surface area contributed by atoms with Crippen LogP contribution in [0, 0.1) is 11.3 Å². The fourth-order valence-electron chi connectivity index (χ4n) is 2.33. The second-order valence-corrected chi connectivity index (χ2v) is 4.42. The van der Waals surface area contributed by atoms with Gasteiger partial charge in [0.25, 0.3) is 0 Å². The Bertz CT molecular complexity index is 637. The van der Waals surface area contributed by atoms with Crippen LogP contribution < -0.4 is 10.1 Å². The highest BCUT2D eigenvalue weighted by Crippen LogP contribution is 2.33. The van der Waals surface area contributed by atoms with Crippen molar-refractivity contribution in [2.75, 3.05) is 13.7 Å². The Morgan fingerprint density at radius 1 is 1.37 bits per heavy atom. The normalized spacial score (nSPS) is 13.7. The van der Waals surface area contributed by atoms with Crippen molar-refractivity contribution in [3.05, 3.63) is 35.5 Å². The first-order valence-corrected chi connectivity index (χ1v) is 6.18. The number of benzene rings is 1. The van der Waals surface area contributed by atoms with Crippen LogP contribution in [-0.4, -0.2) is 23.4 Å². The number of nitrogens with one attached hydrogen (secondary N) is 1. The number of hydrogen-bond donors (Lipinski definition) is 1. The molecule has 0 aliphatic carbocycles. The molecule has 1 aliphatic rings. The molecule has 1 aromatic carbocycles. The number of aromatic nitrogens is 2. The third-order valence-electron chi connectivity index (χ3n) is 3.29. The summed E-state index contributed by atoms with van der Waals surface area (Å²) in [5.74, 6) is 0.817. The number of nitrogens with zero attached hydrogens (tertiary/aromatic N) is 3. The first-order valence-electron chi connectivity index (χ1n) is 6.18. The van der Waals surface area contributed by atoms with Gasteiger partial charge < -0.3 is 10.1 Å². The topological polar surface area (TPSA) is 62.9 Å². The summed E-state index contributed by atoms with van der Waals surface area (Å²) in [6, 6.07) is 9.52. The van der Waals surface area contributed by atoms with Crippen LogP contribution in [0.3, 0.4) is 0 Å². The summed E-state index contributed by atoms with van der Waals surface area (Å²) in [6.07, 6.45) is 0. The Kier molecular flexibility index (Phi) is 2.94. The van der Waals surface area contributed by atoms with Gasteiger partial charge in [0.05, 0.1) is 31.0 Å². The van der Waals surface area contributed by atoms with Gasteiger partial charge >= 0.3 is 0 Å². The monoisotopic (exact) mass is 254 g/mol. The van der Waals surface area contributed by atoms with E-state index < -0.39 is 0 Å². The Labute approximate surface area is 111 Å². The van der Waals surface area contributed by atoms with Crippen molar-refractivity contribution in [1.82, 2.24) is 15.1 Å². The predicted molar refractivity (Wildman–Crippen MR) is 70.6 cm³/mol. The highest BCUT2D eigenvalue weighted by atomic mass is 16.5. The Morgan fingerprint density at radius 3 is 2.84 bits per heavy atom. The van der Waals surface area contributed by atoms with Crippen LogP contribution in [0.25, 0.3) is 11.3 Å². The van der Waals surface area contributed by atoms with E-state index in [1.165, 1.54) is 0 Å². The maximum Gasteiger partial charge on any atom is 0.169 e. The van der Waals surface area contributed by atoms with Gasteiger partial charge in [-0.2, -0.15) is 10.4 Å². The first kappa shape index (κ1) is 11.8. The number of methoxy groups -OCH3 is 1. The van der Waals surface area contributed by atoms with Gasteiger partial charge in [0, 0.05) is 18.7 Å². The molecule has 0 radical (unpaired) electrons. The molecule has 5 heteroatoms. The summed E-state index contributed by atoms with van der Waals surface area (Å²) < 4.78 is 7.50. The quantitative estimate of drug-likeness (QED) is 0.883. The van der Waals surface area contributed by atoms with Crippen molar-refractivity contribution in [3.63, 3.8) is 0 Å². The second-order valence-electron chi connectivity index (χ2n) is 4.42. The average molecular weight is 254 g/mol. The number of ether oxygens (including phenoxy) is 1. The highest BCUT2D eigenvalue weighted by Gasteiger charge is 2.21. The molecule has 3 rings (SSSR count). The zero-order valence-corrected chi connectivity index (χ0v) is 10.7. The molecule has 0 saturated heterocycles. The van der Waals surface area contributed by atoms with E-state index in [0.29, 0.717) is 5.56 Å². The zero-order valence-electron chi connectivity index (χ0n) is 10.7. The summed E-state index contributed by atoms with van der Waals surface area (Å²) in [6.45, 7) is 2.54. The molecule has 1 N–H and O–H groups in total. The van der Waals surface area contributed by atoms with Gasteiger partial charge in [-0.05, 0) is 12.1 Å². The van der Waals surface area contributed by atoms with Crippen LogP contribution in [0.2, 0.25) is 0 Å². The van der Waals surface area contributed by atoms with Crippen LogP contribution in [0.5, 0.6) is 5.75 Å². The van der Waals surface area contributed by atoms with E-state index in [9.17, 15) is 0 Å². The summed E-state index contributed by atoms with van der Waals surface area (Å²) in [5.41, 5.74) is 3.53. The minimum Gasteiger partial charge on any atom is -0.492 e. The standard InChI is InChI=1S/C14H14N4O/c1-19-14-12-9-16-6-7-18(12)17-13(14)11-4-2-10(8-15)3-5-11/h2-5,16H,6-7,9H2,1H3. The first-order chi connectivity index (χ1) is 9.33. The average Bonchev–Trinajstić information content (AvgIpc) is 2.85. The number of nitriles is 1. The predicted octanol–water partition coefficient (Wildman–Crippen LogP) is 1.53. The van der Waals surface area contributed by atoms with Crippen molar-refractivity contribution in [3.8, 4) is 23.1 Å². The van der Waals surface area contributed by atoms with Crippen molar-refractivity contribution < 1.29 is 4.74 Å². The molecule has 0 fully saturated rings.